The van der Waals surface area contributed by atoms with E-state index in [1.807, 2.05) is 30.3 Å². The Hall–Kier alpha value is -2.34. The highest BCUT2D eigenvalue weighted by Crippen LogP contribution is 2.21. The Morgan fingerprint density at radius 2 is 1.88 bits per heavy atom. The number of amidine groups is 1. The molecule has 1 fully saturated rings. The zero-order valence-electron chi connectivity index (χ0n) is 13.8. The molecule has 130 valence electrons. The second-order valence-corrected chi connectivity index (χ2v) is 6.71. The maximum Gasteiger partial charge on any atom is 0.234 e. The minimum Gasteiger partial charge on any atom is -0.351 e. The number of hydrogen-bond acceptors (Lipinski definition) is 3. The quantitative estimate of drug-likeness (QED) is 0.656. The SMILES string of the molecule is O=C(CSC(=Nc1ccccc1)N1CCCC1)Nc1cccc(F)c1. The van der Waals surface area contributed by atoms with E-state index in [2.05, 4.69) is 10.2 Å². The van der Waals surface area contributed by atoms with E-state index in [-0.39, 0.29) is 17.5 Å². The molecule has 0 atom stereocenters. The summed E-state index contributed by atoms with van der Waals surface area (Å²) in [6.07, 6.45) is 2.29. The monoisotopic (exact) mass is 357 g/mol. The molecule has 3 rings (SSSR count). The van der Waals surface area contributed by atoms with Gasteiger partial charge >= 0.3 is 0 Å². The van der Waals surface area contributed by atoms with Crippen molar-refractivity contribution in [3.63, 3.8) is 0 Å². The first kappa shape index (κ1) is 17.5. The number of carbonyl (C=O) groups is 1. The van der Waals surface area contributed by atoms with Gasteiger partial charge in [-0.15, -0.1) is 0 Å². The summed E-state index contributed by atoms with van der Waals surface area (Å²) in [6, 6.07) is 15.6. The van der Waals surface area contributed by atoms with Crippen LogP contribution in [0, 0.1) is 5.82 Å². The standard InChI is InChI=1S/C19H20FN3OS/c20-15-7-6-10-17(13-15)21-18(24)14-25-19(23-11-4-5-12-23)22-16-8-2-1-3-9-16/h1-3,6-10,13H,4-5,11-12,14H2,(H,21,24). The molecule has 1 N–H and O–H groups in total. The van der Waals surface area contributed by atoms with Gasteiger partial charge in [-0.1, -0.05) is 36.0 Å². The molecule has 1 aliphatic heterocycles. The van der Waals surface area contributed by atoms with Crippen molar-refractivity contribution in [2.24, 2.45) is 4.99 Å². The lowest BCUT2D eigenvalue weighted by Crippen LogP contribution is -2.27. The molecule has 2 aromatic rings. The fourth-order valence-corrected chi connectivity index (χ4v) is 3.48. The van der Waals surface area contributed by atoms with Crippen LogP contribution in [0.2, 0.25) is 0 Å². The van der Waals surface area contributed by atoms with Gasteiger partial charge in [0.15, 0.2) is 5.17 Å². The van der Waals surface area contributed by atoms with Crippen molar-refractivity contribution in [3.8, 4) is 0 Å². The highest BCUT2D eigenvalue weighted by molar-refractivity contribution is 8.14. The summed E-state index contributed by atoms with van der Waals surface area (Å²) in [6.45, 7) is 1.92. The second-order valence-electron chi connectivity index (χ2n) is 5.77. The number of benzene rings is 2. The van der Waals surface area contributed by atoms with Crippen molar-refractivity contribution in [1.29, 1.82) is 0 Å². The average Bonchev–Trinajstić information content (AvgIpc) is 3.14. The van der Waals surface area contributed by atoms with Crippen LogP contribution in [0.5, 0.6) is 0 Å². The van der Waals surface area contributed by atoms with Crippen molar-refractivity contribution in [2.45, 2.75) is 12.8 Å². The molecule has 25 heavy (non-hydrogen) atoms. The third kappa shape index (κ3) is 5.32. The first-order valence-corrected chi connectivity index (χ1v) is 9.26. The number of nitrogens with one attached hydrogen (secondary N) is 1. The lowest BCUT2D eigenvalue weighted by Gasteiger charge is -2.19. The molecule has 0 aromatic heterocycles. The van der Waals surface area contributed by atoms with E-state index < -0.39 is 0 Å². The summed E-state index contributed by atoms with van der Waals surface area (Å²) in [5.74, 6) is -0.303. The number of hydrogen-bond donors (Lipinski definition) is 1. The Kier molecular flexibility index (Phi) is 6.06. The number of rotatable bonds is 4. The van der Waals surface area contributed by atoms with Crippen LogP contribution >= 0.6 is 11.8 Å². The molecule has 0 saturated carbocycles. The molecule has 1 saturated heterocycles. The molecule has 4 nitrogen and oxygen atoms in total. The lowest BCUT2D eigenvalue weighted by molar-refractivity contribution is -0.113. The molecule has 2 aromatic carbocycles. The van der Waals surface area contributed by atoms with Crippen LogP contribution in [0.3, 0.4) is 0 Å². The minimum atomic E-state index is -0.367. The maximum absolute atomic E-state index is 13.2. The number of aliphatic imine (C=N–C) groups is 1. The van der Waals surface area contributed by atoms with Gasteiger partial charge in [0.2, 0.25) is 5.91 Å². The summed E-state index contributed by atoms with van der Waals surface area (Å²) in [5.41, 5.74) is 1.34. The van der Waals surface area contributed by atoms with Crippen molar-refractivity contribution >= 4 is 34.2 Å². The van der Waals surface area contributed by atoms with Gasteiger partial charge in [0.25, 0.3) is 0 Å². The first-order chi connectivity index (χ1) is 12.2. The summed E-state index contributed by atoms with van der Waals surface area (Å²) in [5, 5.41) is 3.58. The van der Waals surface area contributed by atoms with Crippen LogP contribution in [0.4, 0.5) is 15.8 Å². The zero-order chi connectivity index (χ0) is 17.5. The minimum absolute atomic E-state index is 0.171. The molecule has 0 spiro atoms. The fourth-order valence-electron chi connectivity index (χ4n) is 2.61. The van der Waals surface area contributed by atoms with Crippen LogP contribution in [-0.2, 0) is 4.79 Å². The molecule has 6 heteroatoms. The highest BCUT2D eigenvalue weighted by Gasteiger charge is 2.18. The van der Waals surface area contributed by atoms with Crippen molar-refractivity contribution in [3.05, 3.63) is 60.4 Å². The lowest BCUT2D eigenvalue weighted by atomic mass is 10.3. The van der Waals surface area contributed by atoms with Gasteiger partial charge in [0, 0.05) is 18.8 Å². The summed E-state index contributed by atoms with van der Waals surface area (Å²) < 4.78 is 13.2. The first-order valence-electron chi connectivity index (χ1n) is 8.27. The van der Waals surface area contributed by atoms with Crippen LogP contribution < -0.4 is 5.32 Å². The smallest absolute Gasteiger partial charge is 0.234 e. The fraction of sp³-hybridized carbons (Fsp3) is 0.263. The summed E-state index contributed by atoms with van der Waals surface area (Å²) in [7, 11) is 0. The largest absolute Gasteiger partial charge is 0.351 e. The number of thioether (sulfide) groups is 1. The Morgan fingerprint density at radius 3 is 2.60 bits per heavy atom. The molecule has 0 bridgehead atoms. The molecule has 1 amide bonds. The van der Waals surface area contributed by atoms with Crippen LogP contribution in [0.25, 0.3) is 0 Å². The number of amides is 1. The van der Waals surface area contributed by atoms with E-state index in [1.165, 1.54) is 23.9 Å². The molecule has 0 radical (unpaired) electrons. The van der Waals surface area contributed by atoms with Crippen LogP contribution in [0.1, 0.15) is 12.8 Å². The van der Waals surface area contributed by atoms with Gasteiger partial charge in [-0.05, 0) is 43.2 Å². The molecule has 1 heterocycles. The maximum atomic E-state index is 13.2. The van der Waals surface area contributed by atoms with E-state index in [1.54, 1.807) is 12.1 Å². The van der Waals surface area contributed by atoms with E-state index in [9.17, 15) is 9.18 Å². The Bertz CT molecular complexity index is 745. The third-order valence-corrected chi connectivity index (χ3v) is 4.81. The Balaban J connectivity index is 1.64. The van der Waals surface area contributed by atoms with E-state index in [0.717, 1.165) is 36.8 Å². The van der Waals surface area contributed by atoms with Gasteiger partial charge in [0.05, 0.1) is 11.4 Å². The van der Waals surface area contributed by atoms with Gasteiger partial charge in [-0.25, -0.2) is 9.38 Å². The molecule has 0 aliphatic carbocycles. The van der Waals surface area contributed by atoms with Gasteiger partial charge in [0.1, 0.15) is 5.82 Å². The van der Waals surface area contributed by atoms with E-state index in [4.69, 9.17) is 4.99 Å². The second kappa shape index (κ2) is 8.67. The van der Waals surface area contributed by atoms with Crippen molar-refractivity contribution < 1.29 is 9.18 Å². The molecular formula is C19H20FN3OS. The number of carbonyl (C=O) groups excluding carboxylic acids is 1. The Labute approximate surface area is 151 Å². The number of halogens is 1. The topological polar surface area (TPSA) is 44.7 Å². The Morgan fingerprint density at radius 1 is 1.12 bits per heavy atom. The van der Waals surface area contributed by atoms with E-state index >= 15 is 0 Å². The van der Waals surface area contributed by atoms with Gasteiger partial charge in [-0.3, -0.25) is 4.79 Å². The van der Waals surface area contributed by atoms with Crippen LogP contribution in [-0.4, -0.2) is 34.8 Å². The zero-order valence-corrected chi connectivity index (χ0v) is 14.6. The summed E-state index contributed by atoms with van der Waals surface area (Å²) in [4.78, 5) is 19.1. The average molecular weight is 357 g/mol. The predicted octanol–water partition coefficient (Wildman–Crippen LogP) is 4.28. The number of para-hydroxylation sites is 1. The van der Waals surface area contributed by atoms with Crippen molar-refractivity contribution in [1.82, 2.24) is 4.90 Å². The molecular weight excluding hydrogens is 337 g/mol. The number of anilines is 1. The number of likely N-dealkylation sites (tertiary alicyclic amines) is 1. The van der Waals surface area contributed by atoms with Gasteiger partial charge in [-0.2, -0.15) is 0 Å². The molecule has 1 aliphatic rings. The van der Waals surface area contributed by atoms with Crippen molar-refractivity contribution in [2.75, 3.05) is 24.2 Å². The third-order valence-electron chi connectivity index (χ3n) is 3.80. The normalized spacial score (nSPS) is 14.6. The summed E-state index contributed by atoms with van der Waals surface area (Å²) >= 11 is 1.42. The van der Waals surface area contributed by atoms with Crippen LogP contribution in [0.15, 0.2) is 59.6 Å². The van der Waals surface area contributed by atoms with Gasteiger partial charge < -0.3 is 10.2 Å². The number of nitrogens with zero attached hydrogens (tertiary/aromatic N) is 2. The molecule has 0 unspecified atom stereocenters. The highest BCUT2D eigenvalue weighted by atomic mass is 32.2. The van der Waals surface area contributed by atoms with E-state index in [0.29, 0.717) is 5.69 Å². The predicted molar refractivity (Wildman–Crippen MR) is 102 cm³/mol.